The summed E-state index contributed by atoms with van der Waals surface area (Å²) in [4.78, 5) is 4.67. The quantitative estimate of drug-likeness (QED) is 0.672. The van der Waals surface area contributed by atoms with E-state index in [1.165, 1.54) is 22.2 Å². The molecule has 0 bridgehead atoms. The summed E-state index contributed by atoms with van der Waals surface area (Å²) < 4.78 is 2.29. The van der Waals surface area contributed by atoms with Gasteiger partial charge in [0.25, 0.3) is 0 Å². The fourth-order valence-corrected chi connectivity index (χ4v) is 2.47. The van der Waals surface area contributed by atoms with Crippen LogP contribution in [0.2, 0.25) is 0 Å². The van der Waals surface area contributed by atoms with E-state index in [9.17, 15) is 0 Å². The standard InChI is InChI=1S/C17H18N2/c1-12-9-16-17(10-13(12)2)19(14(3)18-16)11-15-7-5-4-6-8-15/h4-10H,11H2,1-3H3. The van der Waals surface area contributed by atoms with E-state index in [-0.39, 0.29) is 0 Å². The maximum Gasteiger partial charge on any atom is 0.107 e. The van der Waals surface area contributed by atoms with Gasteiger partial charge in [0.05, 0.1) is 11.0 Å². The summed E-state index contributed by atoms with van der Waals surface area (Å²) >= 11 is 0. The average Bonchev–Trinajstić information content (AvgIpc) is 2.68. The van der Waals surface area contributed by atoms with Crippen LogP contribution in [0.25, 0.3) is 11.0 Å². The van der Waals surface area contributed by atoms with Gasteiger partial charge in [-0.2, -0.15) is 0 Å². The van der Waals surface area contributed by atoms with Crippen LogP contribution in [0.1, 0.15) is 22.5 Å². The minimum atomic E-state index is 0.881. The summed E-state index contributed by atoms with van der Waals surface area (Å²) in [6, 6.07) is 15.0. The van der Waals surface area contributed by atoms with Crippen molar-refractivity contribution in [1.82, 2.24) is 9.55 Å². The number of nitrogens with zero attached hydrogens (tertiary/aromatic N) is 2. The number of aryl methyl sites for hydroxylation is 3. The van der Waals surface area contributed by atoms with Gasteiger partial charge in [-0.25, -0.2) is 4.98 Å². The molecule has 2 aromatic carbocycles. The van der Waals surface area contributed by atoms with Crippen LogP contribution in [0.15, 0.2) is 42.5 Å². The van der Waals surface area contributed by atoms with E-state index in [0.717, 1.165) is 17.9 Å². The summed E-state index contributed by atoms with van der Waals surface area (Å²) in [5, 5.41) is 0. The van der Waals surface area contributed by atoms with Crippen LogP contribution in [0, 0.1) is 20.8 Å². The highest BCUT2D eigenvalue weighted by atomic mass is 15.1. The van der Waals surface area contributed by atoms with Crippen LogP contribution in [0.4, 0.5) is 0 Å². The number of hydrogen-bond acceptors (Lipinski definition) is 1. The zero-order chi connectivity index (χ0) is 13.4. The normalized spacial score (nSPS) is 11.1. The molecule has 2 nitrogen and oxygen atoms in total. The van der Waals surface area contributed by atoms with Gasteiger partial charge >= 0.3 is 0 Å². The lowest BCUT2D eigenvalue weighted by Crippen LogP contribution is -2.01. The van der Waals surface area contributed by atoms with Crippen LogP contribution >= 0.6 is 0 Å². The molecule has 1 aromatic heterocycles. The molecule has 0 fully saturated rings. The largest absolute Gasteiger partial charge is 0.324 e. The molecule has 0 atom stereocenters. The van der Waals surface area contributed by atoms with Crippen LogP contribution in [0.5, 0.6) is 0 Å². The van der Waals surface area contributed by atoms with Crippen molar-refractivity contribution in [2.75, 3.05) is 0 Å². The summed E-state index contributed by atoms with van der Waals surface area (Å²) in [5.41, 5.74) is 6.25. The lowest BCUT2D eigenvalue weighted by atomic mass is 10.1. The lowest BCUT2D eigenvalue weighted by Gasteiger charge is -2.08. The van der Waals surface area contributed by atoms with Crippen molar-refractivity contribution in [3.63, 3.8) is 0 Å². The third-order valence-corrected chi connectivity index (χ3v) is 3.74. The van der Waals surface area contributed by atoms with Gasteiger partial charge in [-0.15, -0.1) is 0 Å². The Morgan fingerprint density at radius 3 is 2.37 bits per heavy atom. The Morgan fingerprint density at radius 1 is 0.947 bits per heavy atom. The van der Waals surface area contributed by atoms with E-state index in [2.05, 4.69) is 72.8 Å². The maximum absolute atomic E-state index is 4.67. The van der Waals surface area contributed by atoms with E-state index >= 15 is 0 Å². The molecule has 96 valence electrons. The van der Waals surface area contributed by atoms with Crippen molar-refractivity contribution >= 4 is 11.0 Å². The van der Waals surface area contributed by atoms with Crippen molar-refractivity contribution in [1.29, 1.82) is 0 Å². The number of benzene rings is 2. The monoisotopic (exact) mass is 250 g/mol. The van der Waals surface area contributed by atoms with E-state index in [1.807, 2.05) is 0 Å². The molecule has 0 aliphatic rings. The highest BCUT2D eigenvalue weighted by molar-refractivity contribution is 5.78. The number of hydrogen-bond donors (Lipinski definition) is 0. The first-order valence-electron chi connectivity index (χ1n) is 6.63. The Kier molecular flexibility index (Phi) is 2.86. The van der Waals surface area contributed by atoms with Gasteiger partial charge in [0.1, 0.15) is 5.82 Å². The van der Waals surface area contributed by atoms with Gasteiger partial charge < -0.3 is 4.57 Å². The molecule has 1 heterocycles. The van der Waals surface area contributed by atoms with Crippen molar-refractivity contribution in [2.24, 2.45) is 0 Å². The van der Waals surface area contributed by atoms with Crippen molar-refractivity contribution in [3.05, 3.63) is 65.0 Å². The summed E-state index contributed by atoms with van der Waals surface area (Å²) in [5.74, 6) is 1.07. The second-order valence-corrected chi connectivity index (χ2v) is 5.16. The molecule has 2 heteroatoms. The Bertz CT molecular complexity index is 724. The summed E-state index contributed by atoms with van der Waals surface area (Å²) in [7, 11) is 0. The fourth-order valence-electron chi connectivity index (χ4n) is 2.47. The number of fused-ring (bicyclic) bond motifs is 1. The first kappa shape index (κ1) is 12.0. The van der Waals surface area contributed by atoms with Gasteiger partial charge in [-0.05, 0) is 49.6 Å². The first-order chi connectivity index (χ1) is 9.15. The highest BCUT2D eigenvalue weighted by Crippen LogP contribution is 2.21. The number of rotatable bonds is 2. The zero-order valence-electron chi connectivity index (χ0n) is 11.6. The Hall–Kier alpha value is -2.09. The predicted octanol–water partition coefficient (Wildman–Crippen LogP) is 4.01. The predicted molar refractivity (Wildman–Crippen MR) is 79.5 cm³/mol. The van der Waals surface area contributed by atoms with E-state index in [4.69, 9.17) is 0 Å². The molecule has 0 aliphatic carbocycles. The minimum absolute atomic E-state index is 0.881. The van der Waals surface area contributed by atoms with E-state index in [0.29, 0.717) is 0 Å². The third-order valence-electron chi connectivity index (χ3n) is 3.74. The summed E-state index contributed by atoms with van der Waals surface area (Å²) in [6.07, 6.45) is 0. The molecule has 0 amide bonds. The Morgan fingerprint density at radius 2 is 1.63 bits per heavy atom. The van der Waals surface area contributed by atoms with Gasteiger partial charge in [-0.1, -0.05) is 30.3 Å². The molecule has 0 saturated heterocycles. The molecule has 0 unspecified atom stereocenters. The van der Waals surface area contributed by atoms with Crippen molar-refractivity contribution in [3.8, 4) is 0 Å². The van der Waals surface area contributed by atoms with Crippen LogP contribution in [0.3, 0.4) is 0 Å². The lowest BCUT2D eigenvalue weighted by molar-refractivity contribution is 0.786. The SMILES string of the molecule is Cc1cc2nc(C)n(Cc3ccccc3)c2cc1C. The second-order valence-electron chi connectivity index (χ2n) is 5.16. The van der Waals surface area contributed by atoms with E-state index in [1.54, 1.807) is 0 Å². The van der Waals surface area contributed by atoms with Gasteiger partial charge in [0.2, 0.25) is 0 Å². The fraction of sp³-hybridized carbons (Fsp3) is 0.235. The molecule has 0 spiro atoms. The molecule has 0 aliphatic heterocycles. The molecular weight excluding hydrogens is 232 g/mol. The topological polar surface area (TPSA) is 17.8 Å². The number of aromatic nitrogens is 2. The average molecular weight is 250 g/mol. The Labute approximate surface area is 113 Å². The van der Waals surface area contributed by atoms with Crippen molar-refractivity contribution in [2.45, 2.75) is 27.3 Å². The van der Waals surface area contributed by atoms with Crippen LogP contribution < -0.4 is 0 Å². The van der Waals surface area contributed by atoms with E-state index < -0.39 is 0 Å². The molecule has 3 aromatic rings. The highest BCUT2D eigenvalue weighted by Gasteiger charge is 2.09. The molecule has 3 rings (SSSR count). The minimum Gasteiger partial charge on any atom is -0.324 e. The van der Waals surface area contributed by atoms with Crippen LogP contribution in [-0.2, 0) is 6.54 Å². The Balaban J connectivity index is 2.13. The van der Waals surface area contributed by atoms with Crippen LogP contribution in [-0.4, -0.2) is 9.55 Å². The van der Waals surface area contributed by atoms with Gasteiger partial charge in [0.15, 0.2) is 0 Å². The molecule has 0 N–H and O–H groups in total. The van der Waals surface area contributed by atoms with Crippen molar-refractivity contribution < 1.29 is 0 Å². The maximum atomic E-state index is 4.67. The molecule has 0 radical (unpaired) electrons. The third kappa shape index (κ3) is 2.14. The molecular formula is C17H18N2. The molecule has 19 heavy (non-hydrogen) atoms. The first-order valence-corrected chi connectivity index (χ1v) is 6.63. The van der Waals surface area contributed by atoms with Gasteiger partial charge in [0, 0.05) is 6.54 Å². The smallest absolute Gasteiger partial charge is 0.107 e. The molecule has 0 saturated carbocycles. The second kappa shape index (κ2) is 4.54. The zero-order valence-corrected chi connectivity index (χ0v) is 11.6. The number of imidazole rings is 1. The van der Waals surface area contributed by atoms with Gasteiger partial charge in [-0.3, -0.25) is 0 Å². The summed E-state index contributed by atoms with van der Waals surface area (Å²) in [6.45, 7) is 7.25.